The molecule has 170 valence electrons. The third kappa shape index (κ3) is 7.69. The molecule has 0 saturated carbocycles. The second-order valence-corrected chi connectivity index (χ2v) is 7.14. The number of nitrogens with one attached hydrogen (secondary N) is 2. The molecule has 0 amide bonds. The lowest BCUT2D eigenvalue weighted by atomic mass is 10.2. The van der Waals surface area contributed by atoms with E-state index in [0.717, 1.165) is 64.9 Å². The molecule has 1 aromatic carbocycles. The highest BCUT2D eigenvalue weighted by molar-refractivity contribution is 14.0. The summed E-state index contributed by atoms with van der Waals surface area (Å²) in [4.78, 5) is 9.13. The van der Waals surface area contributed by atoms with Gasteiger partial charge < -0.3 is 25.0 Å². The van der Waals surface area contributed by atoms with Crippen LogP contribution in [0.3, 0.4) is 0 Å². The van der Waals surface area contributed by atoms with Gasteiger partial charge in [0.1, 0.15) is 5.75 Å². The Balaban J connectivity index is 0.00000320. The topological polar surface area (TPSA) is 61.4 Å². The van der Waals surface area contributed by atoms with Gasteiger partial charge >= 0.3 is 6.61 Å². The second-order valence-electron chi connectivity index (χ2n) is 7.14. The summed E-state index contributed by atoms with van der Waals surface area (Å²) in [6.45, 7) is 6.59. The average molecular weight is 539 g/mol. The zero-order valence-electron chi connectivity index (χ0n) is 17.4. The van der Waals surface area contributed by atoms with Gasteiger partial charge in [-0.05, 0) is 25.5 Å². The third-order valence-electron chi connectivity index (χ3n) is 5.09. The van der Waals surface area contributed by atoms with Gasteiger partial charge in [0, 0.05) is 45.3 Å². The third-order valence-corrected chi connectivity index (χ3v) is 5.09. The number of hydrogen-bond acceptors (Lipinski definition) is 5. The summed E-state index contributed by atoms with van der Waals surface area (Å²) in [5.74, 6) is 1.01. The number of hydrogen-bond donors (Lipinski definition) is 2. The molecule has 1 unspecified atom stereocenters. The fourth-order valence-corrected chi connectivity index (χ4v) is 3.65. The van der Waals surface area contributed by atoms with Crippen molar-refractivity contribution in [3.63, 3.8) is 0 Å². The molecule has 0 aromatic heterocycles. The summed E-state index contributed by atoms with van der Waals surface area (Å²) >= 11 is 0. The minimum Gasteiger partial charge on any atom is -0.433 e. The van der Waals surface area contributed by atoms with E-state index in [9.17, 15) is 8.78 Å². The normalized spacial score (nSPS) is 20.2. The van der Waals surface area contributed by atoms with Crippen molar-refractivity contribution in [2.24, 2.45) is 4.99 Å². The SMILES string of the molecule is CCNC(=NCCN1CCOCC1)NC1CCN(c2ccccc2OC(F)F)C1.I. The van der Waals surface area contributed by atoms with Crippen LogP contribution >= 0.6 is 24.0 Å². The number of halogens is 3. The number of guanidine groups is 1. The molecule has 0 aliphatic carbocycles. The maximum Gasteiger partial charge on any atom is 0.387 e. The van der Waals surface area contributed by atoms with Crippen LogP contribution in [0, 0.1) is 0 Å². The molecule has 0 radical (unpaired) electrons. The Bertz CT molecular complexity index is 662. The van der Waals surface area contributed by atoms with Crippen LogP contribution < -0.4 is 20.3 Å². The maximum atomic E-state index is 12.7. The van der Waals surface area contributed by atoms with Crippen molar-refractivity contribution in [3.05, 3.63) is 24.3 Å². The van der Waals surface area contributed by atoms with Gasteiger partial charge in [-0.25, -0.2) is 0 Å². The lowest BCUT2D eigenvalue weighted by Crippen LogP contribution is -2.45. The van der Waals surface area contributed by atoms with Gasteiger partial charge in [0.05, 0.1) is 25.4 Å². The van der Waals surface area contributed by atoms with Gasteiger partial charge in [-0.15, -0.1) is 24.0 Å². The average Bonchev–Trinajstić information content (AvgIpc) is 3.17. The van der Waals surface area contributed by atoms with Crippen LogP contribution in [-0.4, -0.2) is 82.5 Å². The number of rotatable bonds is 8. The number of alkyl halides is 2. The number of morpholine rings is 1. The van der Waals surface area contributed by atoms with Crippen molar-refractivity contribution >= 4 is 35.6 Å². The predicted molar refractivity (Wildman–Crippen MR) is 125 cm³/mol. The Morgan fingerprint density at radius 1 is 1.27 bits per heavy atom. The smallest absolute Gasteiger partial charge is 0.387 e. The van der Waals surface area contributed by atoms with E-state index >= 15 is 0 Å². The molecule has 0 spiro atoms. The second kappa shape index (κ2) is 13.1. The fraction of sp³-hybridized carbons (Fsp3) is 0.650. The maximum absolute atomic E-state index is 12.7. The molecule has 2 aliphatic rings. The quantitative estimate of drug-likeness (QED) is 0.301. The summed E-state index contributed by atoms with van der Waals surface area (Å²) in [7, 11) is 0. The Kier molecular flexibility index (Phi) is 10.9. The van der Waals surface area contributed by atoms with E-state index in [1.54, 1.807) is 12.1 Å². The van der Waals surface area contributed by atoms with Gasteiger partial charge in [0.2, 0.25) is 0 Å². The molecule has 3 rings (SSSR count). The lowest BCUT2D eigenvalue weighted by Gasteiger charge is -2.26. The van der Waals surface area contributed by atoms with Crippen LogP contribution in [0.5, 0.6) is 5.75 Å². The monoisotopic (exact) mass is 539 g/mol. The Hall–Kier alpha value is -1.40. The fourth-order valence-electron chi connectivity index (χ4n) is 3.65. The zero-order chi connectivity index (χ0) is 20.5. The minimum absolute atomic E-state index is 0. The van der Waals surface area contributed by atoms with Gasteiger partial charge in [0.25, 0.3) is 0 Å². The number of ether oxygens (including phenoxy) is 2. The highest BCUT2D eigenvalue weighted by Gasteiger charge is 2.26. The van der Waals surface area contributed by atoms with Crippen LogP contribution in [0.1, 0.15) is 13.3 Å². The first-order chi connectivity index (χ1) is 14.2. The van der Waals surface area contributed by atoms with Crippen molar-refractivity contribution in [3.8, 4) is 5.75 Å². The molecule has 2 fully saturated rings. The predicted octanol–water partition coefficient (Wildman–Crippen LogP) is 2.37. The van der Waals surface area contributed by atoms with E-state index in [1.165, 1.54) is 0 Å². The minimum atomic E-state index is -2.83. The number of nitrogens with zero attached hydrogens (tertiary/aromatic N) is 3. The van der Waals surface area contributed by atoms with Gasteiger partial charge in [-0.2, -0.15) is 8.78 Å². The van der Waals surface area contributed by atoms with E-state index in [2.05, 4.69) is 25.2 Å². The Morgan fingerprint density at radius 2 is 2.03 bits per heavy atom. The number of para-hydroxylation sites is 2. The summed E-state index contributed by atoms with van der Waals surface area (Å²) in [5, 5.41) is 6.77. The summed E-state index contributed by atoms with van der Waals surface area (Å²) < 4.78 is 35.4. The van der Waals surface area contributed by atoms with Crippen molar-refractivity contribution in [1.82, 2.24) is 15.5 Å². The van der Waals surface area contributed by atoms with Gasteiger partial charge in [-0.1, -0.05) is 12.1 Å². The van der Waals surface area contributed by atoms with Crippen LogP contribution in [0.2, 0.25) is 0 Å². The first-order valence-electron chi connectivity index (χ1n) is 10.3. The highest BCUT2D eigenvalue weighted by Crippen LogP contribution is 2.31. The van der Waals surface area contributed by atoms with Gasteiger partial charge in [-0.3, -0.25) is 9.89 Å². The first-order valence-corrected chi connectivity index (χ1v) is 10.3. The van der Waals surface area contributed by atoms with E-state index in [1.807, 2.05) is 19.1 Å². The molecule has 0 bridgehead atoms. The molecule has 2 saturated heterocycles. The molecule has 2 N–H and O–H groups in total. The lowest BCUT2D eigenvalue weighted by molar-refractivity contribution is -0.0495. The summed E-state index contributed by atoms with van der Waals surface area (Å²) in [6.07, 6.45) is 0.900. The molecule has 30 heavy (non-hydrogen) atoms. The van der Waals surface area contributed by atoms with Crippen LogP contribution in [-0.2, 0) is 4.74 Å². The number of benzene rings is 1. The van der Waals surface area contributed by atoms with Crippen LogP contribution in [0.15, 0.2) is 29.3 Å². The summed E-state index contributed by atoms with van der Waals surface area (Å²) in [6, 6.07) is 7.14. The molecule has 10 heteroatoms. The van der Waals surface area contributed by atoms with E-state index in [4.69, 9.17) is 9.73 Å². The van der Waals surface area contributed by atoms with Crippen LogP contribution in [0.4, 0.5) is 14.5 Å². The van der Waals surface area contributed by atoms with Crippen molar-refractivity contribution in [1.29, 1.82) is 0 Å². The molecular formula is C20H32F2IN5O2. The van der Waals surface area contributed by atoms with Crippen molar-refractivity contribution in [2.75, 3.05) is 63.9 Å². The molecular weight excluding hydrogens is 507 g/mol. The molecule has 1 aromatic rings. The molecule has 1 atom stereocenters. The molecule has 7 nitrogen and oxygen atoms in total. The van der Waals surface area contributed by atoms with E-state index in [-0.39, 0.29) is 35.8 Å². The zero-order valence-corrected chi connectivity index (χ0v) is 19.7. The standard InChI is InChI=1S/C20H31F2N5O2.HI/c1-2-23-20(24-8-10-26-11-13-28-14-12-26)25-16-7-9-27(15-16)17-5-3-4-6-18(17)29-19(21)22;/h3-6,16,19H,2,7-15H2,1H3,(H2,23,24,25);1H. The molecule has 2 heterocycles. The Labute approximate surface area is 194 Å². The summed E-state index contributed by atoms with van der Waals surface area (Å²) in [5.41, 5.74) is 0.700. The molecule has 2 aliphatic heterocycles. The number of anilines is 1. The van der Waals surface area contributed by atoms with Crippen molar-refractivity contribution < 1.29 is 18.3 Å². The Morgan fingerprint density at radius 3 is 2.77 bits per heavy atom. The van der Waals surface area contributed by atoms with E-state index < -0.39 is 6.61 Å². The van der Waals surface area contributed by atoms with Gasteiger partial charge in [0.15, 0.2) is 5.96 Å². The largest absolute Gasteiger partial charge is 0.433 e. The van der Waals surface area contributed by atoms with Crippen molar-refractivity contribution in [2.45, 2.75) is 26.0 Å². The highest BCUT2D eigenvalue weighted by atomic mass is 127. The van der Waals surface area contributed by atoms with E-state index in [0.29, 0.717) is 12.2 Å². The van der Waals surface area contributed by atoms with Crippen LogP contribution in [0.25, 0.3) is 0 Å². The number of aliphatic imine (C=N–C) groups is 1. The first kappa shape index (κ1) is 24.9.